The first-order chi connectivity index (χ1) is 5.65. The summed E-state index contributed by atoms with van der Waals surface area (Å²) < 4.78 is 4.32. The topological polar surface area (TPSA) is 55.8 Å². The van der Waals surface area contributed by atoms with Crippen molar-refractivity contribution in [2.24, 2.45) is 0 Å². The molecule has 5 nitrogen and oxygen atoms in total. The van der Waals surface area contributed by atoms with Gasteiger partial charge >= 0.3 is 12.1 Å². The predicted molar refractivity (Wildman–Crippen MR) is 41.1 cm³/mol. The Morgan fingerprint density at radius 2 is 2.17 bits per heavy atom. The average molecular weight is 173 g/mol. The molecule has 0 aromatic carbocycles. The van der Waals surface area contributed by atoms with Crippen LogP contribution in [0.3, 0.4) is 0 Å². The molecule has 12 heavy (non-hydrogen) atoms. The maximum Gasteiger partial charge on any atom is 0.443 e. The van der Waals surface area contributed by atoms with Gasteiger partial charge in [0.2, 0.25) is 0 Å². The maximum atomic E-state index is 10.8. The van der Waals surface area contributed by atoms with Gasteiger partial charge in [0.05, 0.1) is 13.7 Å². The summed E-state index contributed by atoms with van der Waals surface area (Å²) in [5.41, 5.74) is 0. The van der Waals surface area contributed by atoms with Crippen LogP contribution in [0, 0.1) is 0 Å². The Bertz CT molecular complexity index is 190. The number of carbonyl (C=O) groups excluding carboxylic acids is 2. The summed E-state index contributed by atoms with van der Waals surface area (Å²) in [5.74, 6) is -0.692. The number of methoxy groups -OCH3 is 1. The Hall–Kier alpha value is -1.52. The minimum Gasteiger partial charge on any atom is -0.451 e. The second-order valence-electron chi connectivity index (χ2n) is 1.78. The molecule has 0 aliphatic heterocycles. The minimum atomic E-state index is -0.715. The molecule has 0 N–H and O–H groups in total. The summed E-state index contributed by atoms with van der Waals surface area (Å²) in [7, 11) is 1.20. The van der Waals surface area contributed by atoms with Crippen LogP contribution in [-0.4, -0.2) is 30.8 Å². The molecule has 0 heterocycles. The Morgan fingerprint density at radius 1 is 1.58 bits per heavy atom. The molecule has 0 aliphatic carbocycles. The summed E-state index contributed by atoms with van der Waals surface area (Å²) in [5, 5.41) is 0.796. The van der Waals surface area contributed by atoms with E-state index < -0.39 is 12.1 Å². The van der Waals surface area contributed by atoms with Crippen LogP contribution in [0.4, 0.5) is 4.79 Å². The van der Waals surface area contributed by atoms with Gasteiger partial charge in [-0.1, -0.05) is 6.58 Å². The number of carbonyl (C=O) groups is 2. The molecule has 68 valence electrons. The number of amides is 1. The quantitative estimate of drug-likeness (QED) is 0.456. The largest absolute Gasteiger partial charge is 0.451 e. The molecule has 0 aliphatic rings. The SMILES string of the molecule is C=CC(=O)ON(CC)C(=O)OC. The summed E-state index contributed by atoms with van der Waals surface area (Å²) in [4.78, 5) is 25.9. The molecule has 0 aromatic rings. The van der Waals surface area contributed by atoms with Gasteiger partial charge in [-0.15, -0.1) is 5.06 Å². The lowest BCUT2D eigenvalue weighted by Crippen LogP contribution is -2.32. The van der Waals surface area contributed by atoms with Crippen LogP contribution in [-0.2, 0) is 14.4 Å². The van der Waals surface area contributed by atoms with E-state index in [1.54, 1.807) is 6.92 Å². The number of hydroxylamine groups is 2. The monoisotopic (exact) mass is 173 g/mol. The standard InChI is InChI=1S/C7H11NO4/c1-4-6(9)12-8(5-2)7(10)11-3/h4H,1,5H2,2-3H3. The molecular formula is C7H11NO4. The zero-order valence-electron chi connectivity index (χ0n) is 7.07. The van der Waals surface area contributed by atoms with Crippen molar-refractivity contribution in [2.75, 3.05) is 13.7 Å². The average Bonchev–Trinajstić information content (AvgIpc) is 2.12. The lowest BCUT2D eigenvalue weighted by molar-refractivity contribution is -0.173. The van der Waals surface area contributed by atoms with E-state index in [9.17, 15) is 9.59 Å². The first-order valence-corrected chi connectivity index (χ1v) is 3.35. The molecule has 5 heteroatoms. The van der Waals surface area contributed by atoms with Gasteiger partial charge in [-0.3, -0.25) is 0 Å². The Labute approximate surface area is 70.5 Å². The highest BCUT2D eigenvalue weighted by Gasteiger charge is 2.14. The molecule has 0 atom stereocenters. The fourth-order valence-electron chi connectivity index (χ4n) is 0.479. The molecule has 1 amide bonds. The number of hydrogen-bond acceptors (Lipinski definition) is 4. The highest BCUT2D eigenvalue weighted by atomic mass is 16.7. The van der Waals surface area contributed by atoms with Crippen LogP contribution in [0.5, 0.6) is 0 Å². The van der Waals surface area contributed by atoms with Gasteiger partial charge in [0.15, 0.2) is 0 Å². The van der Waals surface area contributed by atoms with Crippen LogP contribution in [0.25, 0.3) is 0 Å². The van der Waals surface area contributed by atoms with Crippen molar-refractivity contribution >= 4 is 12.1 Å². The third-order valence-electron chi connectivity index (χ3n) is 1.03. The molecule has 0 fully saturated rings. The van der Waals surface area contributed by atoms with Crippen molar-refractivity contribution in [1.29, 1.82) is 0 Å². The molecule has 0 saturated heterocycles. The lowest BCUT2D eigenvalue weighted by Gasteiger charge is -2.16. The van der Waals surface area contributed by atoms with Gasteiger partial charge in [-0.25, -0.2) is 9.59 Å². The van der Waals surface area contributed by atoms with Crippen molar-refractivity contribution < 1.29 is 19.2 Å². The fourth-order valence-corrected chi connectivity index (χ4v) is 0.479. The highest BCUT2D eigenvalue weighted by molar-refractivity contribution is 5.82. The molecule has 0 bridgehead atoms. The van der Waals surface area contributed by atoms with Crippen LogP contribution in [0.1, 0.15) is 6.92 Å². The molecule has 0 aromatic heterocycles. The molecule has 0 spiro atoms. The molecule has 0 saturated carbocycles. The molecule has 0 radical (unpaired) electrons. The Morgan fingerprint density at radius 3 is 2.50 bits per heavy atom. The van der Waals surface area contributed by atoms with E-state index in [-0.39, 0.29) is 6.54 Å². The zero-order valence-corrected chi connectivity index (χ0v) is 7.07. The van der Waals surface area contributed by atoms with E-state index in [0.717, 1.165) is 11.1 Å². The zero-order chi connectivity index (χ0) is 9.56. The van der Waals surface area contributed by atoms with E-state index in [2.05, 4.69) is 16.2 Å². The number of rotatable bonds is 2. The highest BCUT2D eigenvalue weighted by Crippen LogP contribution is 1.94. The number of ether oxygens (including phenoxy) is 1. The van der Waals surface area contributed by atoms with Crippen molar-refractivity contribution in [3.63, 3.8) is 0 Å². The van der Waals surface area contributed by atoms with Crippen molar-refractivity contribution in [1.82, 2.24) is 5.06 Å². The Kier molecular flexibility index (Phi) is 4.52. The van der Waals surface area contributed by atoms with Crippen LogP contribution >= 0.6 is 0 Å². The van der Waals surface area contributed by atoms with E-state index in [1.807, 2.05) is 0 Å². The van der Waals surface area contributed by atoms with Crippen molar-refractivity contribution in [3.05, 3.63) is 12.7 Å². The summed E-state index contributed by atoms with van der Waals surface area (Å²) in [6, 6.07) is 0. The molecular weight excluding hydrogens is 162 g/mol. The first-order valence-electron chi connectivity index (χ1n) is 3.35. The van der Waals surface area contributed by atoms with E-state index >= 15 is 0 Å². The molecule has 0 rings (SSSR count). The second kappa shape index (κ2) is 5.17. The van der Waals surface area contributed by atoms with Gasteiger partial charge in [0.1, 0.15) is 0 Å². The summed E-state index contributed by atoms with van der Waals surface area (Å²) in [6.07, 6.45) is 0.249. The van der Waals surface area contributed by atoms with E-state index in [1.165, 1.54) is 7.11 Å². The van der Waals surface area contributed by atoms with Gasteiger partial charge in [0.25, 0.3) is 0 Å². The Balaban J connectivity index is 4.07. The van der Waals surface area contributed by atoms with Crippen molar-refractivity contribution in [2.45, 2.75) is 6.92 Å². The first kappa shape index (κ1) is 10.5. The minimum absolute atomic E-state index is 0.228. The number of nitrogens with zero attached hydrogens (tertiary/aromatic N) is 1. The van der Waals surface area contributed by atoms with Crippen LogP contribution < -0.4 is 0 Å². The third-order valence-corrected chi connectivity index (χ3v) is 1.03. The van der Waals surface area contributed by atoms with Gasteiger partial charge in [0, 0.05) is 6.08 Å². The summed E-state index contributed by atoms with van der Waals surface area (Å²) >= 11 is 0. The predicted octanol–water partition coefficient (Wildman–Crippen LogP) is 0.719. The van der Waals surface area contributed by atoms with E-state index in [0.29, 0.717) is 0 Å². The normalized spacial score (nSPS) is 8.50. The third kappa shape index (κ3) is 3.05. The van der Waals surface area contributed by atoms with Gasteiger partial charge in [-0.2, -0.15) is 0 Å². The van der Waals surface area contributed by atoms with E-state index in [4.69, 9.17) is 0 Å². The number of hydrogen-bond donors (Lipinski definition) is 0. The lowest BCUT2D eigenvalue weighted by atomic mass is 10.7. The fraction of sp³-hybridized carbons (Fsp3) is 0.429. The van der Waals surface area contributed by atoms with Crippen LogP contribution in [0.15, 0.2) is 12.7 Å². The second-order valence-corrected chi connectivity index (χ2v) is 1.78. The smallest absolute Gasteiger partial charge is 0.443 e. The van der Waals surface area contributed by atoms with Gasteiger partial charge < -0.3 is 9.57 Å². The van der Waals surface area contributed by atoms with Crippen LogP contribution in [0.2, 0.25) is 0 Å². The molecule has 0 unspecified atom stereocenters. The maximum absolute atomic E-state index is 10.8. The van der Waals surface area contributed by atoms with Gasteiger partial charge in [-0.05, 0) is 6.92 Å². The summed E-state index contributed by atoms with van der Waals surface area (Å²) in [6.45, 7) is 5.05. The van der Waals surface area contributed by atoms with Crippen molar-refractivity contribution in [3.8, 4) is 0 Å².